The Balaban J connectivity index is 1.65. The van der Waals surface area contributed by atoms with Crippen LogP contribution in [0.25, 0.3) is 21.8 Å². The van der Waals surface area contributed by atoms with Crippen molar-refractivity contribution in [3.05, 3.63) is 58.9 Å². The number of benzene rings is 2. The highest BCUT2D eigenvalue weighted by Gasteiger charge is 2.51. The summed E-state index contributed by atoms with van der Waals surface area (Å²) in [6.07, 6.45) is 0. The molecule has 2 aromatic heterocycles. The van der Waals surface area contributed by atoms with Gasteiger partial charge in [-0.05, 0) is 61.4 Å². The molecule has 0 unspecified atom stereocenters. The lowest BCUT2D eigenvalue weighted by atomic mass is 9.71. The zero-order valence-electron chi connectivity index (χ0n) is 19.1. The van der Waals surface area contributed by atoms with Crippen molar-refractivity contribution in [3.63, 3.8) is 0 Å². The number of methoxy groups -OCH3 is 2. The predicted molar refractivity (Wildman–Crippen MR) is 125 cm³/mol. The third-order valence-corrected chi connectivity index (χ3v) is 6.60. The first-order valence-electron chi connectivity index (χ1n) is 10.7. The van der Waals surface area contributed by atoms with Crippen LogP contribution in [0.5, 0.6) is 11.5 Å². The van der Waals surface area contributed by atoms with E-state index in [0.717, 1.165) is 0 Å². The van der Waals surface area contributed by atoms with Crippen LogP contribution in [0.4, 0.5) is 0 Å². The Labute approximate surface area is 194 Å². The Morgan fingerprint density at radius 1 is 0.618 bits per heavy atom. The summed E-state index contributed by atoms with van der Waals surface area (Å²) in [7, 11) is 3.01. The van der Waals surface area contributed by atoms with Crippen molar-refractivity contribution in [1.29, 1.82) is 0 Å². The fourth-order valence-corrected chi connectivity index (χ4v) is 4.98. The van der Waals surface area contributed by atoms with Crippen molar-refractivity contribution in [2.75, 3.05) is 14.2 Å². The normalized spacial score (nSPS) is 18.8. The molecule has 34 heavy (non-hydrogen) atoms. The van der Waals surface area contributed by atoms with Crippen molar-refractivity contribution in [2.24, 2.45) is 0 Å². The molecule has 8 nitrogen and oxygen atoms in total. The average Bonchev–Trinajstić information content (AvgIpc) is 3.33. The summed E-state index contributed by atoms with van der Waals surface area (Å²) in [6, 6.07) is 10.4. The lowest BCUT2D eigenvalue weighted by Crippen LogP contribution is -2.46. The van der Waals surface area contributed by atoms with E-state index in [4.69, 9.17) is 9.47 Å². The first kappa shape index (κ1) is 21.6. The Hall–Kier alpha value is -4.20. The molecule has 0 aliphatic heterocycles. The van der Waals surface area contributed by atoms with E-state index in [1.165, 1.54) is 14.2 Å². The molecule has 0 bridgehead atoms. The number of Topliss-reactive ketones (excluding diaryl/α,β-unsaturated/α-hetero) is 4. The lowest BCUT2D eigenvalue weighted by molar-refractivity contribution is -0.150. The maximum absolute atomic E-state index is 13.4. The number of aromatic nitrogens is 2. The second-order valence-electron chi connectivity index (χ2n) is 8.47. The standard InChI is InChI=1S/C26H22N2O6/c1-11-19(15-9-13(33-3)5-7-17(15)27-11)21-23(29)25(31)22(26(32)24(21)30)20-12(2)28-18-8-6-14(34-4)10-16(18)20/h5-10,21-22,27-28H,1-4H3. The first-order valence-corrected chi connectivity index (χ1v) is 10.7. The molecular weight excluding hydrogens is 436 g/mol. The number of rotatable bonds is 4. The summed E-state index contributed by atoms with van der Waals surface area (Å²) in [5.74, 6) is -5.48. The largest absolute Gasteiger partial charge is 0.497 e. The molecule has 5 rings (SSSR count). The third-order valence-electron chi connectivity index (χ3n) is 6.60. The van der Waals surface area contributed by atoms with Crippen molar-refractivity contribution >= 4 is 44.9 Å². The van der Waals surface area contributed by atoms with Gasteiger partial charge in [-0.25, -0.2) is 0 Å². The van der Waals surface area contributed by atoms with E-state index in [1.807, 2.05) is 0 Å². The summed E-state index contributed by atoms with van der Waals surface area (Å²) in [5.41, 5.74) is 3.11. The van der Waals surface area contributed by atoms with Gasteiger partial charge in [-0.1, -0.05) is 0 Å². The van der Waals surface area contributed by atoms with Gasteiger partial charge in [0, 0.05) is 33.2 Å². The molecule has 0 saturated heterocycles. The van der Waals surface area contributed by atoms with Crippen LogP contribution in [0.2, 0.25) is 0 Å². The van der Waals surface area contributed by atoms with Crippen molar-refractivity contribution in [3.8, 4) is 11.5 Å². The summed E-state index contributed by atoms with van der Waals surface area (Å²) < 4.78 is 10.6. The number of carbonyl (C=O) groups excluding carboxylic acids is 4. The van der Waals surface area contributed by atoms with E-state index in [2.05, 4.69) is 9.97 Å². The van der Waals surface area contributed by atoms with Crippen molar-refractivity contribution < 1.29 is 28.7 Å². The van der Waals surface area contributed by atoms with E-state index in [9.17, 15) is 19.2 Å². The van der Waals surface area contributed by atoms with Gasteiger partial charge < -0.3 is 19.4 Å². The van der Waals surface area contributed by atoms with Crippen LogP contribution in [0.15, 0.2) is 36.4 Å². The number of aryl methyl sites for hydroxylation is 2. The molecule has 1 aliphatic carbocycles. The SMILES string of the molecule is COc1ccc2[nH]c(C)c(C3C(=O)C(=O)C(c4c(C)[nH]c5ccc(OC)cc45)C(=O)C3=O)c2c1. The number of fused-ring (bicyclic) bond motifs is 2. The van der Waals surface area contributed by atoms with E-state index in [1.54, 1.807) is 50.2 Å². The number of ether oxygens (including phenoxy) is 2. The minimum absolute atomic E-state index is 0.335. The predicted octanol–water partition coefficient (Wildman–Crippen LogP) is 3.44. The summed E-state index contributed by atoms with van der Waals surface area (Å²) >= 11 is 0. The van der Waals surface area contributed by atoms with Gasteiger partial charge in [0.1, 0.15) is 23.3 Å². The summed E-state index contributed by atoms with van der Waals surface area (Å²) in [4.78, 5) is 59.9. The maximum Gasteiger partial charge on any atom is 0.214 e. The second-order valence-corrected chi connectivity index (χ2v) is 8.47. The number of hydrogen-bond donors (Lipinski definition) is 2. The van der Waals surface area contributed by atoms with Gasteiger partial charge in [0.25, 0.3) is 0 Å². The minimum atomic E-state index is -1.49. The fraction of sp³-hybridized carbons (Fsp3) is 0.231. The monoisotopic (exact) mass is 458 g/mol. The second kappa shape index (κ2) is 7.69. The summed E-state index contributed by atoms with van der Waals surface area (Å²) in [5, 5.41) is 1.13. The van der Waals surface area contributed by atoms with Gasteiger partial charge >= 0.3 is 0 Å². The topological polar surface area (TPSA) is 118 Å². The van der Waals surface area contributed by atoms with Crippen LogP contribution in [-0.4, -0.2) is 47.3 Å². The first-order chi connectivity index (χ1) is 16.3. The molecule has 2 aromatic carbocycles. The van der Waals surface area contributed by atoms with Crippen molar-refractivity contribution in [1.82, 2.24) is 9.97 Å². The molecule has 2 heterocycles. The highest BCUT2D eigenvalue weighted by atomic mass is 16.5. The Morgan fingerprint density at radius 2 is 0.971 bits per heavy atom. The molecule has 8 heteroatoms. The van der Waals surface area contributed by atoms with Crippen molar-refractivity contribution in [2.45, 2.75) is 25.7 Å². The fourth-order valence-electron chi connectivity index (χ4n) is 4.98. The molecule has 172 valence electrons. The van der Waals surface area contributed by atoms with Crippen LogP contribution >= 0.6 is 0 Å². The summed E-state index contributed by atoms with van der Waals surface area (Å²) in [6.45, 7) is 3.42. The molecule has 4 aromatic rings. The van der Waals surface area contributed by atoms with Gasteiger partial charge in [0.05, 0.1) is 14.2 Å². The van der Waals surface area contributed by atoms with E-state index in [-0.39, 0.29) is 0 Å². The van der Waals surface area contributed by atoms with E-state index in [0.29, 0.717) is 55.8 Å². The average molecular weight is 458 g/mol. The van der Waals surface area contributed by atoms with Gasteiger partial charge in [-0.15, -0.1) is 0 Å². The number of hydrogen-bond acceptors (Lipinski definition) is 6. The Kier molecular flexibility index (Phi) is 4.89. The molecule has 0 spiro atoms. The van der Waals surface area contributed by atoms with Crippen LogP contribution in [-0.2, 0) is 19.2 Å². The number of nitrogens with one attached hydrogen (secondary N) is 2. The highest BCUT2D eigenvalue weighted by molar-refractivity contribution is 6.64. The zero-order valence-corrected chi connectivity index (χ0v) is 19.1. The van der Waals surface area contributed by atoms with Gasteiger partial charge in [-0.2, -0.15) is 0 Å². The number of H-pyrrole nitrogens is 2. The van der Waals surface area contributed by atoms with Crippen LogP contribution < -0.4 is 9.47 Å². The molecule has 0 radical (unpaired) electrons. The van der Waals surface area contributed by atoms with Crippen LogP contribution in [0, 0.1) is 13.8 Å². The molecule has 1 aliphatic rings. The molecular formula is C26H22N2O6. The molecule has 2 N–H and O–H groups in total. The number of aromatic amines is 2. The van der Waals surface area contributed by atoms with E-state index >= 15 is 0 Å². The molecule has 0 atom stereocenters. The van der Waals surface area contributed by atoms with Gasteiger partial charge in [0.15, 0.2) is 0 Å². The zero-order chi connectivity index (χ0) is 24.3. The minimum Gasteiger partial charge on any atom is -0.497 e. The maximum atomic E-state index is 13.4. The number of carbonyl (C=O) groups is 4. The molecule has 0 amide bonds. The molecule has 1 saturated carbocycles. The third kappa shape index (κ3) is 2.98. The highest BCUT2D eigenvalue weighted by Crippen LogP contribution is 2.40. The van der Waals surface area contributed by atoms with Crippen LogP contribution in [0.3, 0.4) is 0 Å². The molecule has 1 fully saturated rings. The Morgan fingerprint density at radius 3 is 1.29 bits per heavy atom. The smallest absolute Gasteiger partial charge is 0.214 e. The lowest BCUT2D eigenvalue weighted by Gasteiger charge is -2.25. The quantitative estimate of drug-likeness (QED) is 0.357. The van der Waals surface area contributed by atoms with E-state index < -0.39 is 35.0 Å². The van der Waals surface area contributed by atoms with Gasteiger partial charge in [-0.3, -0.25) is 19.2 Å². The van der Waals surface area contributed by atoms with Gasteiger partial charge in [0.2, 0.25) is 23.1 Å². The Bertz CT molecular complexity index is 1400. The number of ketones is 4. The van der Waals surface area contributed by atoms with Crippen LogP contribution in [0.1, 0.15) is 34.4 Å².